The summed E-state index contributed by atoms with van der Waals surface area (Å²) in [7, 11) is 1.33. The SMILES string of the molecule is COC(=O)Nc1ccc2c(c1)N(C(=O)CCN1CCN3CCC=C3C1)c1ccccc1S2. The minimum atomic E-state index is -0.535. The minimum absolute atomic E-state index is 0.0528. The number of methoxy groups -OCH3 is 1. The van der Waals surface area contributed by atoms with E-state index in [1.54, 1.807) is 16.7 Å². The molecule has 3 aliphatic rings. The zero-order chi connectivity index (χ0) is 22.1. The number of anilines is 3. The first-order valence-corrected chi connectivity index (χ1v) is 11.7. The van der Waals surface area contributed by atoms with Gasteiger partial charge in [-0.05, 0) is 36.8 Å². The number of piperazine rings is 1. The molecule has 3 heterocycles. The lowest BCUT2D eigenvalue weighted by molar-refractivity contribution is -0.118. The van der Waals surface area contributed by atoms with Crippen LogP contribution in [0.3, 0.4) is 0 Å². The Bertz CT molecular complexity index is 1090. The highest BCUT2D eigenvalue weighted by Gasteiger charge is 2.30. The first kappa shape index (κ1) is 20.9. The van der Waals surface area contributed by atoms with E-state index >= 15 is 0 Å². The van der Waals surface area contributed by atoms with Gasteiger partial charge in [-0.25, -0.2) is 4.79 Å². The maximum atomic E-state index is 13.5. The summed E-state index contributed by atoms with van der Waals surface area (Å²) < 4.78 is 4.72. The molecule has 0 unspecified atom stereocenters. The number of nitrogens with zero attached hydrogens (tertiary/aromatic N) is 3. The number of carbonyl (C=O) groups excluding carboxylic acids is 2. The second kappa shape index (κ2) is 8.88. The van der Waals surface area contributed by atoms with Gasteiger partial charge >= 0.3 is 6.09 Å². The van der Waals surface area contributed by atoms with Gasteiger partial charge in [0.1, 0.15) is 0 Å². The first-order valence-electron chi connectivity index (χ1n) is 10.9. The van der Waals surface area contributed by atoms with E-state index in [-0.39, 0.29) is 5.91 Å². The van der Waals surface area contributed by atoms with Crippen LogP contribution in [0.5, 0.6) is 0 Å². The monoisotopic (exact) mass is 450 g/mol. The maximum Gasteiger partial charge on any atom is 0.411 e. The number of hydrogen-bond donors (Lipinski definition) is 1. The molecule has 1 N–H and O–H groups in total. The molecule has 7 nitrogen and oxygen atoms in total. The van der Waals surface area contributed by atoms with Crippen molar-refractivity contribution in [2.75, 3.05) is 50.1 Å². The Kier molecular flexibility index (Phi) is 5.80. The van der Waals surface area contributed by atoms with Crippen LogP contribution in [0.25, 0.3) is 0 Å². The van der Waals surface area contributed by atoms with E-state index in [4.69, 9.17) is 4.74 Å². The third-order valence-corrected chi connectivity index (χ3v) is 7.24. The number of rotatable bonds is 4. The first-order chi connectivity index (χ1) is 15.6. The highest BCUT2D eigenvalue weighted by Crippen LogP contribution is 2.49. The molecule has 8 heteroatoms. The summed E-state index contributed by atoms with van der Waals surface area (Å²) in [5.41, 5.74) is 3.66. The van der Waals surface area contributed by atoms with Gasteiger partial charge in [0.25, 0.3) is 0 Å². The van der Waals surface area contributed by atoms with Gasteiger partial charge in [-0.2, -0.15) is 0 Å². The Morgan fingerprint density at radius 1 is 1.06 bits per heavy atom. The van der Waals surface area contributed by atoms with Crippen molar-refractivity contribution in [2.24, 2.45) is 0 Å². The number of para-hydroxylation sites is 1. The summed E-state index contributed by atoms with van der Waals surface area (Å²) in [6.45, 7) is 4.80. The predicted octanol–water partition coefficient (Wildman–Crippen LogP) is 4.29. The van der Waals surface area contributed by atoms with E-state index in [9.17, 15) is 9.59 Å². The van der Waals surface area contributed by atoms with Crippen molar-refractivity contribution in [2.45, 2.75) is 22.6 Å². The van der Waals surface area contributed by atoms with E-state index in [1.165, 1.54) is 12.8 Å². The third kappa shape index (κ3) is 4.08. The second-order valence-corrected chi connectivity index (χ2v) is 9.18. The van der Waals surface area contributed by atoms with Gasteiger partial charge in [-0.1, -0.05) is 30.0 Å². The van der Waals surface area contributed by atoms with Crippen molar-refractivity contribution in [3.05, 3.63) is 54.2 Å². The largest absolute Gasteiger partial charge is 0.453 e. The lowest BCUT2D eigenvalue weighted by Gasteiger charge is -2.36. The average molecular weight is 451 g/mol. The fourth-order valence-electron chi connectivity index (χ4n) is 4.48. The molecule has 0 radical (unpaired) electrons. The molecule has 2 aromatic rings. The number of ether oxygens (including phenoxy) is 1. The molecule has 0 bridgehead atoms. The molecular weight excluding hydrogens is 424 g/mol. The molecule has 2 amide bonds. The standard InChI is InChI=1S/C24H26N4O3S/c1-31-24(30)25-17-8-9-22-20(15-17)28(19-6-2-3-7-21(19)32-22)23(29)10-12-26-13-14-27-11-4-5-18(27)16-26/h2-3,5-9,15H,4,10-14,16H2,1H3,(H,25,30). The molecular formula is C24H26N4O3S. The number of nitrogens with one attached hydrogen (secondary N) is 1. The molecule has 5 rings (SSSR count). The number of amides is 2. The Morgan fingerprint density at radius 2 is 1.91 bits per heavy atom. The van der Waals surface area contributed by atoms with Crippen molar-refractivity contribution < 1.29 is 14.3 Å². The van der Waals surface area contributed by atoms with Gasteiger partial charge in [0.05, 0.1) is 18.5 Å². The molecule has 0 aromatic heterocycles. The van der Waals surface area contributed by atoms with Crippen molar-refractivity contribution in [1.82, 2.24) is 9.80 Å². The van der Waals surface area contributed by atoms with Crippen LogP contribution >= 0.6 is 11.8 Å². The van der Waals surface area contributed by atoms with E-state index in [1.807, 2.05) is 42.5 Å². The van der Waals surface area contributed by atoms with Crippen LogP contribution in [-0.2, 0) is 9.53 Å². The summed E-state index contributed by atoms with van der Waals surface area (Å²) in [5.74, 6) is 0.0528. The van der Waals surface area contributed by atoms with E-state index in [0.29, 0.717) is 12.1 Å². The Balaban J connectivity index is 1.37. The molecule has 2 aromatic carbocycles. The van der Waals surface area contributed by atoms with Gasteiger partial charge in [-0.15, -0.1) is 0 Å². The van der Waals surface area contributed by atoms with E-state index in [2.05, 4.69) is 21.2 Å². The summed E-state index contributed by atoms with van der Waals surface area (Å²) in [4.78, 5) is 33.9. The van der Waals surface area contributed by atoms with Crippen LogP contribution in [0, 0.1) is 0 Å². The summed E-state index contributed by atoms with van der Waals surface area (Å²) in [5, 5.41) is 2.70. The zero-order valence-electron chi connectivity index (χ0n) is 18.0. The summed E-state index contributed by atoms with van der Waals surface area (Å²) in [6.07, 6.45) is 3.34. The average Bonchev–Trinajstić information content (AvgIpc) is 3.29. The van der Waals surface area contributed by atoms with Crippen LogP contribution in [-0.4, -0.2) is 61.6 Å². The summed E-state index contributed by atoms with van der Waals surface area (Å²) >= 11 is 1.63. The highest BCUT2D eigenvalue weighted by molar-refractivity contribution is 7.99. The molecule has 0 spiro atoms. The lowest BCUT2D eigenvalue weighted by Crippen LogP contribution is -2.44. The van der Waals surface area contributed by atoms with Gasteiger partial charge in [-0.3, -0.25) is 19.9 Å². The van der Waals surface area contributed by atoms with E-state index in [0.717, 1.165) is 60.3 Å². The Hall–Kier alpha value is -2.97. The van der Waals surface area contributed by atoms with Crippen molar-refractivity contribution >= 4 is 40.8 Å². The number of fused-ring (bicyclic) bond motifs is 3. The van der Waals surface area contributed by atoms with E-state index < -0.39 is 6.09 Å². The smallest absolute Gasteiger partial charge is 0.411 e. The topological polar surface area (TPSA) is 65.1 Å². The maximum absolute atomic E-state index is 13.5. The number of benzene rings is 2. The predicted molar refractivity (Wildman–Crippen MR) is 126 cm³/mol. The van der Waals surface area contributed by atoms with Crippen LogP contribution in [0.2, 0.25) is 0 Å². The lowest BCUT2D eigenvalue weighted by atomic mass is 10.1. The molecule has 166 valence electrons. The third-order valence-electron chi connectivity index (χ3n) is 6.11. The van der Waals surface area contributed by atoms with Gasteiger partial charge < -0.3 is 9.64 Å². The van der Waals surface area contributed by atoms with Gasteiger partial charge in [0.15, 0.2) is 0 Å². The summed E-state index contributed by atoms with van der Waals surface area (Å²) in [6, 6.07) is 13.6. The fraction of sp³-hybridized carbons (Fsp3) is 0.333. The Labute approximate surface area is 192 Å². The molecule has 0 atom stereocenters. The van der Waals surface area contributed by atoms with Crippen molar-refractivity contribution in [3.8, 4) is 0 Å². The van der Waals surface area contributed by atoms with Crippen LogP contribution in [0.15, 0.2) is 64.0 Å². The molecule has 0 aliphatic carbocycles. The molecule has 1 fully saturated rings. The van der Waals surface area contributed by atoms with Crippen molar-refractivity contribution in [3.63, 3.8) is 0 Å². The van der Waals surface area contributed by atoms with Gasteiger partial charge in [0, 0.05) is 60.3 Å². The molecule has 0 saturated carbocycles. The fourth-order valence-corrected chi connectivity index (χ4v) is 5.51. The number of carbonyl (C=O) groups is 2. The highest BCUT2D eigenvalue weighted by atomic mass is 32.2. The van der Waals surface area contributed by atoms with Crippen LogP contribution in [0.4, 0.5) is 21.9 Å². The van der Waals surface area contributed by atoms with Gasteiger partial charge in [0.2, 0.25) is 5.91 Å². The molecule has 3 aliphatic heterocycles. The Morgan fingerprint density at radius 3 is 2.78 bits per heavy atom. The zero-order valence-corrected chi connectivity index (χ0v) is 18.9. The van der Waals surface area contributed by atoms with Crippen LogP contribution in [0.1, 0.15) is 12.8 Å². The normalized spacial score (nSPS) is 17.2. The molecule has 1 saturated heterocycles. The molecule has 32 heavy (non-hydrogen) atoms. The second-order valence-electron chi connectivity index (χ2n) is 8.10. The van der Waals surface area contributed by atoms with Crippen LogP contribution < -0.4 is 10.2 Å². The minimum Gasteiger partial charge on any atom is -0.453 e. The van der Waals surface area contributed by atoms with Crippen molar-refractivity contribution in [1.29, 1.82) is 0 Å². The quantitative estimate of drug-likeness (QED) is 0.750. The number of hydrogen-bond acceptors (Lipinski definition) is 6.